The van der Waals surface area contributed by atoms with E-state index in [2.05, 4.69) is 21.3 Å². The number of hydrogen-bond donors (Lipinski definition) is 4. The van der Waals surface area contributed by atoms with Crippen molar-refractivity contribution in [1.29, 1.82) is 0 Å². The van der Waals surface area contributed by atoms with Gasteiger partial charge in [0.05, 0.1) is 0 Å². The van der Waals surface area contributed by atoms with E-state index in [1.807, 2.05) is 60.7 Å². The summed E-state index contributed by atoms with van der Waals surface area (Å²) in [5.74, 6) is -0.524. The standard InChI is InChI=1S/C38H42N4O4/c43-35(41-33-21-13-19-31(25-33)37(45)39-27-29-15-7-5-8-16-29)23-11-3-1-2-4-12-24-36(44)42-34-22-14-20-32(26-34)38(46)40-28-30-17-9-6-10-18-30/h5-10,13-22,25-26H,1-4,11-12,23-24,27-28H2,(H,39,45)(H,40,46)(H,41,43)(H,42,44). The fraction of sp³-hybridized carbons (Fsp3) is 0.263. The van der Waals surface area contributed by atoms with Crippen LogP contribution in [0.3, 0.4) is 0 Å². The van der Waals surface area contributed by atoms with Gasteiger partial charge >= 0.3 is 0 Å². The number of benzene rings is 4. The number of anilines is 2. The Morgan fingerprint density at radius 2 is 0.826 bits per heavy atom. The summed E-state index contributed by atoms with van der Waals surface area (Å²) in [5, 5.41) is 11.6. The maximum absolute atomic E-state index is 12.5. The third kappa shape index (κ3) is 12.0. The number of carbonyl (C=O) groups is 4. The normalized spacial score (nSPS) is 10.5. The molecule has 8 heteroatoms. The summed E-state index contributed by atoms with van der Waals surface area (Å²) in [5.41, 5.74) is 4.25. The molecule has 8 nitrogen and oxygen atoms in total. The molecule has 0 bridgehead atoms. The van der Waals surface area contributed by atoms with Gasteiger partial charge in [0.1, 0.15) is 0 Å². The van der Waals surface area contributed by atoms with Crippen LogP contribution in [0, 0.1) is 0 Å². The number of nitrogens with one attached hydrogen (secondary N) is 4. The number of carbonyl (C=O) groups excluding carboxylic acids is 4. The molecule has 0 atom stereocenters. The zero-order valence-electron chi connectivity index (χ0n) is 26.1. The Bertz CT molecular complexity index is 1460. The molecular formula is C38H42N4O4. The van der Waals surface area contributed by atoms with E-state index in [9.17, 15) is 19.2 Å². The SMILES string of the molecule is O=C(CCCCCCCCC(=O)Nc1cccc(C(=O)NCc2ccccc2)c1)Nc1cccc(C(=O)NCc2ccccc2)c1. The molecule has 4 rings (SSSR count). The van der Waals surface area contributed by atoms with Gasteiger partial charge in [-0.3, -0.25) is 19.2 Å². The third-order valence-electron chi connectivity index (χ3n) is 7.47. The predicted molar refractivity (Wildman–Crippen MR) is 182 cm³/mol. The highest BCUT2D eigenvalue weighted by molar-refractivity contribution is 5.98. The molecule has 46 heavy (non-hydrogen) atoms. The van der Waals surface area contributed by atoms with Gasteiger partial charge in [-0.25, -0.2) is 0 Å². The van der Waals surface area contributed by atoms with Crippen LogP contribution in [0.4, 0.5) is 11.4 Å². The van der Waals surface area contributed by atoms with Crippen molar-refractivity contribution < 1.29 is 19.2 Å². The van der Waals surface area contributed by atoms with Crippen LogP contribution in [-0.4, -0.2) is 23.6 Å². The summed E-state index contributed by atoms with van der Waals surface area (Å²) < 4.78 is 0. The van der Waals surface area contributed by atoms with Crippen LogP contribution >= 0.6 is 0 Å². The molecule has 0 spiro atoms. The Morgan fingerprint density at radius 3 is 1.24 bits per heavy atom. The largest absolute Gasteiger partial charge is 0.348 e. The van der Waals surface area contributed by atoms with Gasteiger partial charge < -0.3 is 21.3 Å². The van der Waals surface area contributed by atoms with Crippen molar-refractivity contribution in [3.63, 3.8) is 0 Å². The van der Waals surface area contributed by atoms with E-state index >= 15 is 0 Å². The first-order valence-electron chi connectivity index (χ1n) is 15.9. The molecule has 0 aliphatic carbocycles. The second kappa shape index (κ2) is 18.5. The van der Waals surface area contributed by atoms with Crippen molar-refractivity contribution in [2.45, 2.75) is 64.5 Å². The van der Waals surface area contributed by atoms with Crippen molar-refractivity contribution in [1.82, 2.24) is 10.6 Å². The van der Waals surface area contributed by atoms with Crippen LogP contribution in [0.2, 0.25) is 0 Å². The van der Waals surface area contributed by atoms with Gasteiger partial charge in [-0.2, -0.15) is 0 Å². The molecule has 4 aromatic carbocycles. The Hall–Kier alpha value is -5.24. The first kappa shape index (κ1) is 33.6. The first-order chi connectivity index (χ1) is 22.5. The fourth-order valence-electron chi connectivity index (χ4n) is 4.96. The van der Waals surface area contributed by atoms with Gasteiger partial charge in [0.25, 0.3) is 11.8 Å². The minimum absolute atomic E-state index is 0.0729. The Balaban J connectivity index is 1.05. The van der Waals surface area contributed by atoms with E-state index in [1.165, 1.54) is 0 Å². The maximum Gasteiger partial charge on any atom is 0.251 e. The van der Waals surface area contributed by atoms with Crippen LogP contribution in [0.1, 0.15) is 83.2 Å². The van der Waals surface area contributed by atoms with E-state index in [-0.39, 0.29) is 23.6 Å². The molecule has 4 amide bonds. The predicted octanol–water partition coefficient (Wildman–Crippen LogP) is 7.24. The van der Waals surface area contributed by atoms with Crippen molar-refractivity contribution >= 4 is 35.0 Å². The lowest BCUT2D eigenvalue weighted by atomic mass is 10.1. The Labute approximate surface area is 271 Å². The van der Waals surface area contributed by atoms with E-state index in [1.54, 1.807) is 48.5 Å². The fourth-order valence-corrected chi connectivity index (χ4v) is 4.96. The Morgan fingerprint density at radius 1 is 0.435 bits per heavy atom. The van der Waals surface area contributed by atoms with Gasteiger partial charge in [-0.1, -0.05) is 98.5 Å². The minimum Gasteiger partial charge on any atom is -0.348 e. The molecule has 0 fully saturated rings. The van der Waals surface area contributed by atoms with Crippen molar-refractivity contribution in [2.75, 3.05) is 10.6 Å². The van der Waals surface area contributed by atoms with E-state index in [0.717, 1.165) is 49.7 Å². The lowest BCUT2D eigenvalue weighted by Crippen LogP contribution is -2.23. The monoisotopic (exact) mass is 618 g/mol. The number of rotatable bonds is 17. The molecule has 0 aromatic heterocycles. The molecule has 4 aromatic rings. The molecule has 4 N–H and O–H groups in total. The number of amides is 4. The summed E-state index contributed by atoms with van der Waals surface area (Å²) >= 11 is 0. The summed E-state index contributed by atoms with van der Waals surface area (Å²) in [4.78, 5) is 49.9. The molecule has 0 aliphatic rings. The van der Waals surface area contributed by atoms with Crippen LogP contribution < -0.4 is 21.3 Å². The molecule has 0 heterocycles. The first-order valence-corrected chi connectivity index (χ1v) is 15.9. The van der Waals surface area contributed by atoms with E-state index in [4.69, 9.17) is 0 Å². The van der Waals surface area contributed by atoms with Gasteiger partial charge in [-0.05, 0) is 60.4 Å². The summed E-state index contributed by atoms with van der Waals surface area (Å²) in [6.45, 7) is 0.880. The van der Waals surface area contributed by atoms with Crippen LogP contribution in [0.5, 0.6) is 0 Å². The molecule has 0 aliphatic heterocycles. The summed E-state index contributed by atoms with van der Waals surface area (Å²) in [7, 11) is 0. The Kier molecular flexibility index (Phi) is 13.6. The van der Waals surface area contributed by atoms with Crippen molar-refractivity contribution in [3.8, 4) is 0 Å². The molecule has 238 valence electrons. The summed E-state index contributed by atoms with van der Waals surface area (Å²) in [6, 6.07) is 33.3. The molecule has 0 unspecified atom stereocenters. The van der Waals surface area contributed by atoms with Crippen molar-refractivity contribution in [3.05, 3.63) is 131 Å². The smallest absolute Gasteiger partial charge is 0.251 e. The second-order valence-electron chi connectivity index (χ2n) is 11.2. The highest BCUT2D eigenvalue weighted by atomic mass is 16.2. The van der Waals surface area contributed by atoms with Gasteiger partial charge in [-0.15, -0.1) is 0 Å². The van der Waals surface area contributed by atoms with E-state index in [0.29, 0.717) is 48.4 Å². The number of unbranched alkanes of at least 4 members (excludes halogenated alkanes) is 5. The lowest BCUT2D eigenvalue weighted by molar-refractivity contribution is -0.117. The van der Waals surface area contributed by atoms with Gasteiger partial charge in [0, 0.05) is 48.4 Å². The second-order valence-corrected chi connectivity index (χ2v) is 11.2. The molecule has 0 saturated heterocycles. The molecule has 0 saturated carbocycles. The quantitative estimate of drug-likeness (QED) is 0.0933. The average Bonchev–Trinajstić information content (AvgIpc) is 3.08. The average molecular weight is 619 g/mol. The number of hydrogen-bond acceptors (Lipinski definition) is 4. The molecular weight excluding hydrogens is 576 g/mol. The van der Waals surface area contributed by atoms with E-state index < -0.39 is 0 Å². The highest BCUT2D eigenvalue weighted by Gasteiger charge is 2.10. The highest BCUT2D eigenvalue weighted by Crippen LogP contribution is 2.15. The zero-order valence-corrected chi connectivity index (χ0v) is 26.1. The van der Waals surface area contributed by atoms with Crippen molar-refractivity contribution in [2.24, 2.45) is 0 Å². The van der Waals surface area contributed by atoms with Crippen LogP contribution in [-0.2, 0) is 22.7 Å². The lowest BCUT2D eigenvalue weighted by Gasteiger charge is -2.09. The maximum atomic E-state index is 12.5. The van der Waals surface area contributed by atoms with Crippen LogP contribution in [0.15, 0.2) is 109 Å². The zero-order chi connectivity index (χ0) is 32.4. The van der Waals surface area contributed by atoms with Crippen LogP contribution in [0.25, 0.3) is 0 Å². The van der Waals surface area contributed by atoms with Gasteiger partial charge in [0.2, 0.25) is 11.8 Å². The minimum atomic E-state index is -0.189. The third-order valence-corrected chi connectivity index (χ3v) is 7.47. The van der Waals surface area contributed by atoms with Gasteiger partial charge in [0.15, 0.2) is 0 Å². The molecule has 0 radical (unpaired) electrons. The summed E-state index contributed by atoms with van der Waals surface area (Å²) in [6.07, 6.45) is 6.23. The topological polar surface area (TPSA) is 116 Å².